The lowest BCUT2D eigenvalue weighted by Crippen LogP contribution is -2.49. The molecule has 1 aromatic heterocycles. The zero-order chi connectivity index (χ0) is 28.9. The third-order valence-electron chi connectivity index (χ3n) is 5.44. The number of nitrogens with zero attached hydrogens (tertiary/aromatic N) is 3. The molecule has 2 aromatic carbocycles. The minimum absolute atomic E-state index is 0.0873. The number of hydrogen-bond donors (Lipinski definition) is 2. The number of alkyl halides is 3. The van der Waals surface area contributed by atoms with Gasteiger partial charge >= 0.3 is 12.2 Å². The normalized spacial score (nSPS) is 11.2. The van der Waals surface area contributed by atoms with Crippen molar-refractivity contribution in [3.05, 3.63) is 85.5 Å². The quantitative estimate of drug-likeness (QED) is 0.386. The van der Waals surface area contributed by atoms with Crippen LogP contribution in [0.25, 0.3) is 0 Å². The van der Waals surface area contributed by atoms with Gasteiger partial charge in [0.1, 0.15) is 18.0 Å². The van der Waals surface area contributed by atoms with Gasteiger partial charge in [-0.25, -0.2) is 20.2 Å². The van der Waals surface area contributed by atoms with Crippen LogP contribution in [0.5, 0.6) is 11.5 Å². The van der Waals surface area contributed by atoms with Crippen LogP contribution < -0.4 is 26.2 Å². The number of urea groups is 1. The third kappa shape index (κ3) is 7.33. The van der Waals surface area contributed by atoms with E-state index in [9.17, 15) is 27.6 Å². The minimum Gasteiger partial charge on any atom is -0.497 e. The van der Waals surface area contributed by atoms with Gasteiger partial charge < -0.3 is 15.2 Å². The fraction of sp³-hybridized carbons (Fsp3) is 0.250. The lowest BCUT2D eigenvalue weighted by Gasteiger charge is -2.24. The summed E-state index contributed by atoms with van der Waals surface area (Å²) in [6, 6.07) is 7.73. The van der Waals surface area contributed by atoms with Crippen molar-refractivity contribution in [2.45, 2.75) is 25.7 Å². The first-order valence-corrected chi connectivity index (χ1v) is 11.8. The Balaban J connectivity index is 1.96. The van der Waals surface area contributed by atoms with Gasteiger partial charge in [-0.2, -0.15) is 13.2 Å². The van der Waals surface area contributed by atoms with Gasteiger partial charge in [-0.05, 0) is 29.8 Å². The predicted molar refractivity (Wildman–Crippen MR) is 136 cm³/mol. The highest BCUT2D eigenvalue weighted by atomic mass is 35.5. The highest BCUT2D eigenvalue weighted by Crippen LogP contribution is 2.31. The molecule has 3 N–H and O–H groups in total. The number of nitrogens with two attached hydrogens (primary N) is 1. The first-order chi connectivity index (χ1) is 18.3. The standard InChI is InChI=1S/C24H22Cl2F3N5O5/c1-38-15-5-4-14(19(9-15)39-2)10-34(32-23(30)37)20(35)11-33-12-31-21(24(27,28)29)16(22(33)36)7-13-3-6-17(25)18(26)8-13/h3-6,8-9,12H,7,10-11H2,1-2H3,(H3,30,32,37). The maximum absolute atomic E-state index is 13.7. The molecule has 3 rings (SSSR count). The van der Waals surface area contributed by atoms with Crippen LogP contribution in [0.2, 0.25) is 10.0 Å². The van der Waals surface area contributed by atoms with Crippen molar-refractivity contribution in [3.63, 3.8) is 0 Å². The van der Waals surface area contributed by atoms with Crippen LogP contribution >= 0.6 is 23.2 Å². The van der Waals surface area contributed by atoms with Crippen molar-refractivity contribution < 1.29 is 32.2 Å². The molecule has 0 radical (unpaired) electrons. The van der Waals surface area contributed by atoms with E-state index >= 15 is 0 Å². The van der Waals surface area contributed by atoms with Crippen LogP contribution in [0.15, 0.2) is 47.5 Å². The molecule has 0 bridgehead atoms. The van der Waals surface area contributed by atoms with Gasteiger partial charge in [0.25, 0.3) is 11.5 Å². The Morgan fingerprint density at radius 3 is 2.41 bits per heavy atom. The monoisotopic (exact) mass is 587 g/mol. The van der Waals surface area contributed by atoms with E-state index in [2.05, 4.69) is 10.4 Å². The first-order valence-electron chi connectivity index (χ1n) is 11.0. The van der Waals surface area contributed by atoms with E-state index in [0.29, 0.717) is 28.0 Å². The van der Waals surface area contributed by atoms with Crippen molar-refractivity contribution in [2.24, 2.45) is 5.73 Å². The molecule has 0 saturated heterocycles. The predicted octanol–water partition coefficient (Wildman–Crippen LogP) is 3.79. The molecule has 15 heteroatoms. The van der Waals surface area contributed by atoms with Gasteiger partial charge in [-0.15, -0.1) is 0 Å². The smallest absolute Gasteiger partial charge is 0.433 e. The van der Waals surface area contributed by atoms with Crippen LogP contribution in [-0.2, 0) is 30.5 Å². The Morgan fingerprint density at radius 2 is 1.82 bits per heavy atom. The number of primary amides is 1. The van der Waals surface area contributed by atoms with Crippen molar-refractivity contribution in [1.29, 1.82) is 0 Å². The molecule has 0 saturated carbocycles. The molecular formula is C24H22Cl2F3N5O5. The number of ether oxygens (including phenoxy) is 2. The molecule has 10 nitrogen and oxygen atoms in total. The molecular weight excluding hydrogens is 566 g/mol. The molecule has 0 atom stereocenters. The van der Waals surface area contributed by atoms with Crippen molar-refractivity contribution in [2.75, 3.05) is 14.2 Å². The fourth-order valence-electron chi connectivity index (χ4n) is 3.61. The van der Waals surface area contributed by atoms with E-state index in [-0.39, 0.29) is 22.2 Å². The number of nitrogens with one attached hydrogen (secondary N) is 1. The number of hydrogen-bond acceptors (Lipinski definition) is 6. The van der Waals surface area contributed by atoms with Gasteiger partial charge in [0.05, 0.1) is 42.7 Å². The van der Waals surface area contributed by atoms with E-state index in [0.717, 1.165) is 5.01 Å². The Bertz CT molecular complexity index is 1450. The van der Waals surface area contributed by atoms with Gasteiger partial charge in [-0.3, -0.25) is 14.2 Å². The summed E-state index contributed by atoms with van der Waals surface area (Å²) in [4.78, 5) is 41.3. The molecule has 0 spiro atoms. The van der Waals surface area contributed by atoms with E-state index in [4.69, 9.17) is 38.4 Å². The number of carbonyl (C=O) groups excluding carboxylic acids is 2. The Labute approximate surface area is 230 Å². The minimum atomic E-state index is -4.95. The van der Waals surface area contributed by atoms with Crippen LogP contribution in [0, 0.1) is 0 Å². The molecule has 0 fully saturated rings. The van der Waals surface area contributed by atoms with Gasteiger partial charge in [0, 0.05) is 18.1 Å². The van der Waals surface area contributed by atoms with Crippen molar-refractivity contribution in [1.82, 2.24) is 20.0 Å². The maximum Gasteiger partial charge on any atom is 0.433 e. The largest absolute Gasteiger partial charge is 0.497 e. The number of benzene rings is 2. The average molecular weight is 588 g/mol. The van der Waals surface area contributed by atoms with Gasteiger partial charge in [0.2, 0.25) is 0 Å². The molecule has 3 aromatic rings. The van der Waals surface area contributed by atoms with E-state index in [1.807, 2.05) is 0 Å². The molecule has 0 aliphatic carbocycles. The molecule has 3 amide bonds. The summed E-state index contributed by atoms with van der Waals surface area (Å²) in [5.74, 6) is -0.0975. The summed E-state index contributed by atoms with van der Waals surface area (Å²) in [5, 5.41) is 1.07. The second-order valence-corrected chi connectivity index (χ2v) is 8.88. The molecule has 208 valence electrons. The summed E-state index contributed by atoms with van der Waals surface area (Å²) < 4.78 is 52.2. The Morgan fingerprint density at radius 1 is 1.10 bits per heavy atom. The van der Waals surface area contributed by atoms with Crippen LogP contribution in [0.3, 0.4) is 0 Å². The number of hydrazine groups is 1. The van der Waals surface area contributed by atoms with Crippen molar-refractivity contribution >= 4 is 35.1 Å². The number of methoxy groups -OCH3 is 2. The number of amides is 3. The second-order valence-electron chi connectivity index (χ2n) is 8.06. The van der Waals surface area contributed by atoms with Crippen LogP contribution in [0.4, 0.5) is 18.0 Å². The lowest BCUT2D eigenvalue weighted by molar-refractivity contribution is -0.142. The molecule has 0 aliphatic heterocycles. The van der Waals surface area contributed by atoms with Crippen molar-refractivity contribution in [3.8, 4) is 11.5 Å². The number of carbonyl (C=O) groups is 2. The zero-order valence-corrected chi connectivity index (χ0v) is 22.0. The van der Waals surface area contributed by atoms with Crippen LogP contribution in [-0.4, -0.2) is 40.7 Å². The van der Waals surface area contributed by atoms with Gasteiger partial charge in [-0.1, -0.05) is 29.3 Å². The summed E-state index contributed by atoms with van der Waals surface area (Å²) >= 11 is 11.8. The Kier molecular flexibility index (Phi) is 9.30. The van der Waals surface area contributed by atoms with E-state index in [1.54, 1.807) is 18.2 Å². The summed E-state index contributed by atoms with van der Waals surface area (Å²) in [7, 11) is 2.83. The summed E-state index contributed by atoms with van der Waals surface area (Å²) in [5.41, 5.74) is 4.82. The lowest BCUT2D eigenvalue weighted by atomic mass is 10.0. The zero-order valence-electron chi connectivity index (χ0n) is 20.5. The highest BCUT2D eigenvalue weighted by Gasteiger charge is 2.37. The fourth-order valence-corrected chi connectivity index (χ4v) is 3.93. The van der Waals surface area contributed by atoms with E-state index in [1.165, 1.54) is 32.4 Å². The molecule has 0 aliphatic rings. The SMILES string of the molecule is COc1ccc(CN(NC(N)=O)C(=O)Cn2cnc(C(F)(F)F)c(Cc3ccc(Cl)c(Cl)c3)c2=O)c(OC)c1. The topological polar surface area (TPSA) is 129 Å². The summed E-state index contributed by atoms with van der Waals surface area (Å²) in [6.07, 6.45) is -4.82. The number of aromatic nitrogens is 2. The summed E-state index contributed by atoms with van der Waals surface area (Å²) in [6.45, 7) is -1.02. The average Bonchev–Trinajstić information content (AvgIpc) is 2.87. The first kappa shape index (κ1) is 29.6. The molecule has 39 heavy (non-hydrogen) atoms. The Hall–Kier alpha value is -3.97. The van der Waals surface area contributed by atoms with Gasteiger partial charge in [0.15, 0.2) is 5.69 Å². The second kappa shape index (κ2) is 12.3. The highest BCUT2D eigenvalue weighted by molar-refractivity contribution is 6.42. The number of rotatable bonds is 8. The van der Waals surface area contributed by atoms with Crippen LogP contribution in [0.1, 0.15) is 22.4 Å². The third-order valence-corrected chi connectivity index (χ3v) is 6.18. The molecule has 1 heterocycles. The number of halogens is 5. The molecule has 0 unspecified atom stereocenters. The van der Waals surface area contributed by atoms with E-state index < -0.39 is 47.9 Å². The maximum atomic E-state index is 13.7.